The molecule has 0 aliphatic heterocycles. The molecule has 0 spiro atoms. The Hall–Kier alpha value is -2.36. The molecule has 9 heteroatoms. The van der Waals surface area contributed by atoms with Gasteiger partial charge in [0.1, 0.15) is 16.5 Å². The summed E-state index contributed by atoms with van der Waals surface area (Å²) in [6.45, 7) is 0.568. The van der Waals surface area contributed by atoms with Crippen molar-refractivity contribution in [2.75, 3.05) is 11.9 Å². The van der Waals surface area contributed by atoms with Crippen molar-refractivity contribution in [3.63, 3.8) is 0 Å². The van der Waals surface area contributed by atoms with Gasteiger partial charge in [-0.15, -0.1) is 11.3 Å². The van der Waals surface area contributed by atoms with Crippen LogP contribution in [-0.2, 0) is 10.0 Å². The molecule has 2 unspecified atom stereocenters. The number of nitrogens with one attached hydrogen (secondary N) is 2. The SMILES string of the molecule is O=S(=O)(NC1CCCCC1CNc1ncccc1-c1cscn1)c1ccccc1F. The van der Waals surface area contributed by atoms with E-state index < -0.39 is 15.8 Å². The maximum Gasteiger partial charge on any atom is 0.243 e. The monoisotopic (exact) mass is 446 g/mol. The molecule has 1 aliphatic carbocycles. The van der Waals surface area contributed by atoms with E-state index in [2.05, 4.69) is 20.0 Å². The number of rotatable bonds is 7. The van der Waals surface area contributed by atoms with E-state index in [0.717, 1.165) is 48.8 Å². The zero-order valence-corrected chi connectivity index (χ0v) is 17.9. The van der Waals surface area contributed by atoms with E-state index >= 15 is 0 Å². The summed E-state index contributed by atoms with van der Waals surface area (Å²) >= 11 is 1.52. The molecule has 158 valence electrons. The van der Waals surface area contributed by atoms with E-state index in [1.807, 2.05) is 17.5 Å². The molecule has 1 aliphatic rings. The Balaban J connectivity index is 1.48. The number of anilines is 1. The average molecular weight is 447 g/mol. The summed E-state index contributed by atoms with van der Waals surface area (Å²) in [6, 6.07) is 9.03. The fourth-order valence-electron chi connectivity index (χ4n) is 3.86. The third-order valence-corrected chi connectivity index (χ3v) is 7.50. The van der Waals surface area contributed by atoms with E-state index in [4.69, 9.17) is 0 Å². The summed E-state index contributed by atoms with van der Waals surface area (Å²) in [5.41, 5.74) is 3.55. The highest BCUT2D eigenvalue weighted by atomic mass is 32.2. The first-order valence-electron chi connectivity index (χ1n) is 9.89. The second-order valence-corrected chi connectivity index (χ2v) is 9.76. The molecule has 6 nitrogen and oxygen atoms in total. The van der Waals surface area contributed by atoms with Crippen molar-refractivity contribution in [1.29, 1.82) is 0 Å². The first kappa shape index (κ1) is 20.9. The fourth-order valence-corrected chi connectivity index (χ4v) is 5.83. The molecule has 1 aromatic carbocycles. The standard InChI is InChI=1S/C21H23FN4O2S2/c22-17-8-2-4-10-20(17)30(27,28)26-18-9-3-1-6-15(18)12-24-21-16(7-5-11-23-21)19-13-29-14-25-19/h2,4-5,7-8,10-11,13-15,18,26H,1,3,6,9,12H2,(H,23,24). The number of aromatic nitrogens is 2. The van der Waals surface area contributed by atoms with Gasteiger partial charge in [0, 0.05) is 29.7 Å². The van der Waals surface area contributed by atoms with Gasteiger partial charge >= 0.3 is 0 Å². The average Bonchev–Trinajstić information content (AvgIpc) is 3.28. The molecular formula is C21H23FN4O2S2. The van der Waals surface area contributed by atoms with E-state index in [-0.39, 0.29) is 16.9 Å². The summed E-state index contributed by atoms with van der Waals surface area (Å²) in [4.78, 5) is 8.49. The van der Waals surface area contributed by atoms with Crippen molar-refractivity contribution < 1.29 is 12.8 Å². The van der Waals surface area contributed by atoms with Crippen molar-refractivity contribution in [1.82, 2.24) is 14.7 Å². The number of halogens is 1. The van der Waals surface area contributed by atoms with Crippen LogP contribution in [0.4, 0.5) is 10.2 Å². The van der Waals surface area contributed by atoms with Crippen LogP contribution < -0.4 is 10.0 Å². The summed E-state index contributed by atoms with van der Waals surface area (Å²) < 4.78 is 42.3. The highest BCUT2D eigenvalue weighted by Gasteiger charge is 2.30. The summed E-state index contributed by atoms with van der Waals surface area (Å²) in [6.07, 6.45) is 5.30. The smallest absolute Gasteiger partial charge is 0.243 e. The number of benzene rings is 1. The Morgan fingerprint density at radius 2 is 1.93 bits per heavy atom. The lowest BCUT2D eigenvalue weighted by atomic mass is 9.85. The molecule has 2 heterocycles. The second-order valence-electron chi connectivity index (χ2n) is 7.36. The van der Waals surface area contributed by atoms with Crippen molar-refractivity contribution in [2.24, 2.45) is 5.92 Å². The minimum atomic E-state index is -3.93. The molecule has 2 N–H and O–H groups in total. The normalized spacial score (nSPS) is 19.5. The van der Waals surface area contributed by atoms with E-state index in [9.17, 15) is 12.8 Å². The number of hydrogen-bond acceptors (Lipinski definition) is 6. The predicted octanol–water partition coefficient (Wildman–Crippen LogP) is 4.29. The van der Waals surface area contributed by atoms with Crippen LogP contribution >= 0.6 is 11.3 Å². The molecule has 1 fully saturated rings. The van der Waals surface area contributed by atoms with Crippen molar-refractivity contribution in [3.05, 3.63) is 59.3 Å². The maximum absolute atomic E-state index is 14.0. The Bertz CT molecular complexity index is 1090. The third kappa shape index (κ3) is 4.69. The minimum Gasteiger partial charge on any atom is -0.369 e. The van der Waals surface area contributed by atoms with Crippen LogP contribution in [0, 0.1) is 11.7 Å². The van der Waals surface area contributed by atoms with Gasteiger partial charge in [-0.2, -0.15) is 0 Å². The second kappa shape index (κ2) is 9.20. The third-order valence-electron chi connectivity index (χ3n) is 5.39. The lowest BCUT2D eigenvalue weighted by Crippen LogP contribution is -2.44. The molecular weight excluding hydrogens is 423 g/mol. The fraction of sp³-hybridized carbons (Fsp3) is 0.333. The highest BCUT2D eigenvalue weighted by Crippen LogP contribution is 2.29. The Morgan fingerprint density at radius 1 is 1.10 bits per heavy atom. The number of hydrogen-bond donors (Lipinski definition) is 2. The number of pyridine rings is 1. The maximum atomic E-state index is 14.0. The zero-order valence-electron chi connectivity index (χ0n) is 16.3. The molecule has 0 bridgehead atoms. The van der Waals surface area contributed by atoms with Gasteiger partial charge in [0.05, 0.1) is 11.2 Å². The number of thiazole rings is 1. The summed E-state index contributed by atoms with van der Waals surface area (Å²) in [5.74, 6) is 0.0622. The topological polar surface area (TPSA) is 84.0 Å². The van der Waals surface area contributed by atoms with Crippen LogP contribution in [-0.4, -0.2) is 31.0 Å². The predicted molar refractivity (Wildman–Crippen MR) is 116 cm³/mol. The summed E-state index contributed by atoms with van der Waals surface area (Å²) in [7, 11) is -3.93. The Kier molecular flexibility index (Phi) is 6.40. The largest absolute Gasteiger partial charge is 0.369 e. The molecule has 1 saturated carbocycles. The van der Waals surface area contributed by atoms with Gasteiger partial charge in [0.25, 0.3) is 0 Å². The number of nitrogens with zero attached hydrogens (tertiary/aromatic N) is 2. The highest BCUT2D eigenvalue weighted by molar-refractivity contribution is 7.89. The summed E-state index contributed by atoms with van der Waals surface area (Å²) in [5, 5.41) is 5.35. The van der Waals surface area contributed by atoms with Gasteiger partial charge in [0.2, 0.25) is 10.0 Å². The first-order chi connectivity index (χ1) is 14.5. The van der Waals surface area contributed by atoms with Crippen LogP contribution in [0.15, 0.2) is 58.4 Å². The van der Waals surface area contributed by atoms with E-state index in [1.54, 1.807) is 11.7 Å². The molecule has 3 aromatic rings. The van der Waals surface area contributed by atoms with Crippen LogP contribution in [0.1, 0.15) is 25.7 Å². The van der Waals surface area contributed by atoms with E-state index in [1.165, 1.54) is 29.5 Å². The molecule has 2 atom stereocenters. The van der Waals surface area contributed by atoms with Gasteiger partial charge in [-0.25, -0.2) is 27.5 Å². The van der Waals surface area contributed by atoms with Crippen molar-refractivity contribution in [3.8, 4) is 11.3 Å². The lowest BCUT2D eigenvalue weighted by Gasteiger charge is -2.32. The van der Waals surface area contributed by atoms with Gasteiger partial charge in [-0.1, -0.05) is 25.0 Å². The van der Waals surface area contributed by atoms with Crippen LogP contribution in [0.2, 0.25) is 0 Å². The van der Waals surface area contributed by atoms with Crippen molar-refractivity contribution >= 4 is 27.2 Å². The van der Waals surface area contributed by atoms with Crippen LogP contribution in [0.5, 0.6) is 0 Å². The minimum absolute atomic E-state index is 0.0746. The van der Waals surface area contributed by atoms with Crippen molar-refractivity contribution in [2.45, 2.75) is 36.6 Å². The molecule has 4 rings (SSSR count). The van der Waals surface area contributed by atoms with Gasteiger partial charge in [0.15, 0.2) is 0 Å². The van der Waals surface area contributed by atoms with Crippen LogP contribution in [0.3, 0.4) is 0 Å². The molecule has 2 aromatic heterocycles. The van der Waals surface area contributed by atoms with Gasteiger partial charge in [-0.05, 0) is 43.0 Å². The quantitative estimate of drug-likeness (QED) is 0.566. The molecule has 0 radical (unpaired) electrons. The van der Waals surface area contributed by atoms with E-state index in [0.29, 0.717) is 6.54 Å². The Morgan fingerprint density at radius 3 is 2.73 bits per heavy atom. The first-order valence-corrected chi connectivity index (χ1v) is 12.3. The Labute approximate surface area is 179 Å². The molecule has 30 heavy (non-hydrogen) atoms. The lowest BCUT2D eigenvalue weighted by molar-refractivity contribution is 0.301. The molecule has 0 amide bonds. The van der Waals surface area contributed by atoms with Crippen LogP contribution in [0.25, 0.3) is 11.3 Å². The zero-order chi connectivity index (χ0) is 21.0. The van der Waals surface area contributed by atoms with Gasteiger partial charge < -0.3 is 5.32 Å². The molecule has 0 saturated heterocycles. The number of sulfonamides is 1. The van der Waals surface area contributed by atoms with Gasteiger partial charge in [-0.3, -0.25) is 0 Å².